The number of nitro benzene ring substituents is 1. The maximum absolute atomic E-state index is 10.8. The zero-order valence-corrected chi connectivity index (χ0v) is 10.1. The molecule has 0 bridgehead atoms. The molecule has 0 saturated heterocycles. The third-order valence-corrected chi connectivity index (χ3v) is 2.26. The van der Waals surface area contributed by atoms with Gasteiger partial charge in [0.05, 0.1) is 30.9 Å². The molecule has 17 heavy (non-hydrogen) atoms. The van der Waals surface area contributed by atoms with Gasteiger partial charge in [-0.15, -0.1) is 0 Å². The number of nitrogens with one attached hydrogen (secondary N) is 1. The summed E-state index contributed by atoms with van der Waals surface area (Å²) in [5.41, 5.74) is 0.586. The van der Waals surface area contributed by atoms with E-state index in [1.54, 1.807) is 6.07 Å². The summed E-state index contributed by atoms with van der Waals surface area (Å²) < 4.78 is 10.1. The third kappa shape index (κ3) is 2.99. The minimum atomic E-state index is -0.495. The SMILES string of the molecule is CCCNc1cc(OC)c([N+](=O)[O-])cc1OC. The molecule has 0 fully saturated rings. The Balaban J connectivity index is 3.17. The van der Waals surface area contributed by atoms with E-state index in [1.165, 1.54) is 20.3 Å². The topological polar surface area (TPSA) is 73.6 Å². The molecule has 1 rings (SSSR count). The van der Waals surface area contributed by atoms with Crippen LogP contribution in [0, 0.1) is 10.1 Å². The standard InChI is InChI=1S/C11H16N2O4/c1-4-5-12-8-6-11(17-3)9(13(14)15)7-10(8)16-2/h6-7,12H,4-5H2,1-3H3. The van der Waals surface area contributed by atoms with E-state index < -0.39 is 4.92 Å². The molecule has 6 nitrogen and oxygen atoms in total. The van der Waals surface area contributed by atoms with Gasteiger partial charge in [-0.05, 0) is 6.42 Å². The molecular formula is C11H16N2O4. The van der Waals surface area contributed by atoms with Crippen molar-refractivity contribution in [1.82, 2.24) is 0 Å². The number of rotatable bonds is 6. The average Bonchev–Trinajstić information content (AvgIpc) is 2.34. The second-order valence-electron chi connectivity index (χ2n) is 3.41. The second kappa shape index (κ2) is 5.93. The molecule has 0 aliphatic rings. The van der Waals surface area contributed by atoms with Gasteiger partial charge >= 0.3 is 5.69 Å². The van der Waals surface area contributed by atoms with E-state index in [2.05, 4.69) is 5.32 Å². The molecule has 1 N–H and O–H groups in total. The Bertz CT molecular complexity index is 407. The zero-order valence-electron chi connectivity index (χ0n) is 10.1. The van der Waals surface area contributed by atoms with Gasteiger partial charge in [0.1, 0.15) is 5.75 Å². The number of methoxy groups -OCH3 is 2. The van der Waals surface area contributed by atoms with Gasteiger partial charge in [-0.25, -0.2) is 0 Å². The molecule has 0 aromatic heterocycles. The monoisotopic (exact) mass is 240 g/mol. The van der Waals surface area contributed by atoms with Crippen molar-refractivity contribution in [1.29, 1.82) is 0 Å². The lowest BCUT2D eigenvalue weighted by atomic mass is 10.2. The maximum Gasteiger partial charge on any atom is 0.314 e. The van der Waals surface area contributed by atoms with Gasteiger partial charge in [0.15, 0.2) is 5.75 Å². The second-order valence-corrected chi connectivity index (χ2v) is 3.41. The summed E-state index contributed by atoms with van der Waals surface area (Å²) >= 11 is 0. The van der Waals surface area contributed by atoms with Gasteiger partial charge in [-0.3, -0.25) is 10.1 Å². The normalized spacial score (nSPS) is 9.82. The molecule has 0 aliphatic carbocycles. The highest BCUT2D eigenvalue weighted by Crippen LogP contribution is 2.37. The molecule has 94 valence electrons. The predicted octanol–water partition coefficient (Wildman–Crippen LogP) is 2.43. The maximum atomic E-state index is 10.8. The van der Waals surface area contributed by atoms with Crippen molar-refractivity contribution in [2.24, 2.45) is 0 Å². The summed E-state index contributed by atoms with van der Waals surface area (Å²) in [6.45, 7) is 2.79. The summed E-state index contributed by atoms with van der Waals surface area (Å²) in [4.78, 5) is 10.3. The molecule has 0 amide bonds. The lowest BCUT2D eigenvalue weighted by Crippen LogP contribution is -2.03. The van der Waals surface area contributed by atoms with Crippen molar-refractivity contribution >= 4 is 11.4 Å². The minimum absolute atomic E-state index is 0.105. The third-order valence-electron chi connectivity index (χ3n) is 2.26. The van der Waals surface area contributed by atoms with Gasteiger partial charge in [-0.2, -0.15) is 0 Å². The largest absolute Gasteiger partial charge is 0.494 e. The van der Waals surface area contributed by atoms with E-state index in [4.69, 9.17) is 9.47 Å². The summed E-state index contributed by atoms with van der Waals surface area (Å²) in [5, 5.41) is 14.0. The number of nitrogens with zero attached hydrogens (tertiary/aromatic N) is 1. The summed E-state index contributed by atoms with van der Waals surface area (Å²) in [6.07, 6.45) is 0.947. The van der Waals surface area contributed by atoms with E-state index >= 15 is 0 Å². The molecule has 0 heterocycles. The molecule has 0 spiro atoms. The molecule has 0 radical (unpaired) electrons. The van der Waals surface area contributed by atoms with Gasteiger partial charge in [0.25, 0.3) is 0 Å². The Labute approximate surface area is 99.7 Å². The van der Waals surface area contributed by atoms with Crippen molar-refractivity contribution in [3.05, 3.63) is 22.2 Å². The van der Waals surface area contributed by atoms with Crippen LogP contribution >= 0.6 is 0 Å². The first-order valence-electron chi connectivity index (χ1n) is 5.28. The fourth-order valence-electron chi connectivity index (χ4n) is 1.42. The van der Waals surface area contributed by atoms with Gasteiger partial charge in [-0.1, -0.05) is 6.92 Å². The lowest BCUT2D eigenvalue weighted by molar-refractivity contribution is -0.385. The van der Waals surface area contributed by atoms with Crippen LogP contribution < -0.4 is 14.8 Å². The molecule has 0 aliphatic heterocycles. The Morgan fingerprint density at radius 2 is 1.94 bits per heavy atom. The van der Waals surface area contributed by atoms with Crippen LogP contribution in [0.1, 0.15) is 13.3 Å². The highest BCUT2D eigenvalue weighted by molar-refractivity contribution is 5.66. The van der Waals surface area contributed by atoms with Crippen molar-refractivity contribution in [3.63, 3.8) is 0 Å². The molecule has 6 heteroatoms. The van der Waals surface area contributed by atoms with Crippen molar-refractivity contribution in [2.75, 3.05) is 26.1 Å². The summed E-state index contributed by atoms with van der Waals surface area (Å²) in [6, 6.07) is 2.93. The van der Waals surface area contributed by atoms with Crippen molar-refractivity contribution in [3.8, 4) is 11.5 Å². The van der Waals surface area contributed by atoms with Crippen LogP contribution in [0.15, 0.2) is 12.1 Å². The van der Waals surface area contributed by atoms with Crippen LogP contribution in [0.3, 0.4) is 0 Å². The first kappa shape index (κ1) is 13.1. The highest BCUT2D eigenvalue weighted by Gasteiger charge is 2.19. The number of anilines is 1. The first-order chi connectivity index (χ1) is 8.13. The van der Waals surface area contributed by atoms with E-state index in [9.17, 15) is 10.1 Å². The quantitative estimate of drug-likeness (QED) is 0.610. The number of nitro groups is 1. The minimum Gasteiger partial charge on any atom is -0.494 e. The van der Waals surface area contributed by atoms with Gasteiger partial charge in [0, 0.05) is 12.6 Å². The number of ether oxygens (including phenoxy) is 2. The summed E-state index contributed by atoms with van der Waals surface area (Å²) in [7, 11) is 2.88. The number of hydrogen-bond acceptors (Lipinski definition) is 5. The van der Waals surface area contributed by atoms with Crippen LogP contribution in [0.5, 0.6) is 11.5 Å². The Kier molecular flexibility index (Phi) is 4.56. The zero-order chi connectivity index (χ0) is 12.8. The molecule has 0 saturated carbocycles. The van der Waals surface area contributed by atoms with Crippen LogP contribution in [0.25, 0.3) is 0 Å². The van der Waals surface area contributed by atoms with Crippen LogP contribution in [-0.4, -0.2) is 25.7 Å². The predicted molar refractivity (Wildman–Crippen MR) is 65.0 cm³/mol. The molecule has 0 atom stereocenters. The Morgan fingerprint density at radius 1 is 1.29 bits per heavy atom. The van der Waals surface area contributed by atoms with Gasteiger partial charge < -0.3 is 14.8 Å². The first-order valence-corrected chi connectivity index (χ1v) is 5.28. The molecule has 1 aromatic carbocycles. The van der Waals surface area contributed by atoms with Crippen LogP contribution in [-0.2, 0) is 0 Å². The van der Waals surface area contributed by atoms with E-state index in [-0.39, 0.29) is 11.4 Å². The smallest absolute Gasteiger partial charge is 0.314 e. The van der Waals surface area contributed by atoms with Crippen LogP contribution in [0.2, 0.25) is 0 Å². The van der Waals surface area contributed by atoms with E-state index in [0.29, 0.717) is 11.4 Å². The van der Waals surface area contributed by atoms with Crippen molar-refractivity contribution in [2.45, 2.75) is 13.3 Å². The molecular weight excluding hydrogens is 224 g/mol. The Hall–Kier alpha value is -1.98. The van der Waals surface area contributed by atoms with Gasteiger partial charge in [0.2, 0.25) is 0 Å². The Morgan fingerprint density at radius 3 is 2.41 bits per heavy atom. The van der Waals surface area contributed by atoms with Crippen LogP contribution in [0.4, 0.5) is 11.4 Å². The lowest BCUT2D eigenvalue weighted by Gasteiger charge is -2.12. The number of benzene rings is 1. The summed E-state index contributed by atoms with van der Waals surface area (Å²) in [5.74, 6) is 0.653. The highest BCUT2D eigenvalue weighted by atomic mass is 16.6. The fraction of sp³-hybridized carbons (Fsp3) is 0.455. The number of hydrogen-bond donors (Lipinski definition) is 1. The molecule has 1 aromatic rings. The van der Waals surface area contributed by atoms with E-state index in [1.807, 2.05) is 6.92 Å². The van der Waals surface area contributed by atoms with Crippen molar-refractivity contribution < 1.29 is 14.4 Å². The molecule has 0 unspecified atom stereocenters. The fourth-order valence-corrected chi connectivity index (χ4v) is 1.42. The van der Waals surface area contributed by atoms with E-state index in [0.717, 1.165) is 13.0 Å². The average molecular weight is 240 g/mol.